The maximum Gasteiger partial charge on any atom is 0.150 e. The largest absolute Gasteiger partial charge is 0.399 e. The molecule has 0 aliphatic heterocycles. The summed E-state index contributed by atoms with van der Waals surface area (Å²) >= 11 is 0. The van der Waals surface area contributed by atoms with Crippen LogP contribution in [0.4, 0.5) is 5.69 Å². The number of nitrogens with two attached hydrogens (primary N) is 1. The first kappa shape index (κ1) is 12.9. The minimum Gasteiger partial charge on any atom is -0.399 e. The summed E-state index contributed by atoms with van der Waals surface area (Å²) in [7, 11) is -2.96. The van der Waals surface area contributed by atoms with Crippen molar-refractivity contribution in [3.8, 4) is 0 Å². The second kappa shape index (κ2) is 4.97. The first-order chi connectivity index (χ1) is 8.50. The number of aromatic amines is 1. The molecule has 0 aliphatic carbocycles. The zero-order valence-corrected chi connectivity index (χ0v) is 11.1. The molecule has 2 aromatic rings. The van der Waals surface area contributed by atoms with Gasteiger partial charge in [0.2, 0.25) is 0 Å². The number of benzene rings is 1. The summed E-state index contributed by atoms with van der Waals surface area (Å²) < 4.78 is 23.2. The fraction of sp³-hybridized carbons (Fsp3) is 0.417. The molecule has 1 aromatic heterocycles. The second-order valence-corrected chi connectivity index (χ2v) is 6.67. The van der Waals surface area contributed by atoms with Crippen molar-refractivity contribution in [2.24, 2.45) is 0 Å². The topological polar surface area (TPSA) is 88.8 Å². The van der Waals surface area contributed by atoms with Crippen molar-refractivity contribution in [1.29, 1.82) is 0 Å². The van der Waals surface area contributed by atoms with Gasteiger partial charge < -0.3 is 10.7 Å². The third-order valence-corrected chi connectivity index (χ3v) is 4.58. The van der Waals surface area contributed by atoms with E-state index in [0.717, 1.165) is 11.0 Å². The number of anilines is 1. The smallest absolute Gasteiger partial charge is 0.150 e. The number of sulfone groups is 1. The van der Waals surface area contributed by atoms with Gasteiger partial charge in [0, 0.05) is 17.9 Å². The fourth-order valence-electron chi connectivity index (χ4n) is 1.86. The maximum absolute atomic E-state index is 11.6. The van der Waals surface area contributed by atoms with Gasteiger partial charge in [-0.15, -0.1) is 0 Å². The average Bonchev–Trinajstić information content (AvgIpc) is 2.68. The molecule has 18 heavy (non-hydrogen) atoms. The van der Waals surface area contributed by atoms with Gasteiger partial charge >= 0.3 is 0 Å². The van der Waals surface area contributed by atoms with Gasteiger partial charge in [-0.25, -0.2) is 13.4 Å². The van der Waals surface area contributed by atoms with Crippen LogP contribution in [0.15, 0.2) is 18.2 Å². The Balaban J connectivity index is 2.13. The number of imidazole rings is 1. The summed E-state index contributed by atoms with van der Waals surface area (Å²) in [4.78, 5) is 7.44. The number of hydrogen-bond acceptors (Lipinski definition) is 4. The number of H-pyrrole nitrogens is 1. The molecule has 0 aliphatic rings. The molecule has 0 saturated carbocycles. The third kappa shape index (κ3) is 3.01. The molecule has 0 amide bonds. The molecule has 1 heterocycles. The van der Waals surface area contributed by atoms with Crippen molar-refractivity contribution in [2.75, 3.05) is 17.2 Å². The molecule has 3 N–H and O–H groups in total. The van der Waals surface area contributed by atoms with Crippen molar-refractivity contribution >= 4 is 26.6 Å². The van der Waals surface area contributed by atoms with Crippen LogP contribution in [0.1, 0.15) is 19.2 Å². The van der Waals surface area contributed by atoms with Crippen LogP contribution < -0.4 is 5.73 Å². The molecule has 0 radical (unpaired) electrons. The highest BCUT2D eigenvalue weighted by atomic mass is 32.2. The Hall–Kier alpha value is -1.56. The van der Waals surface area contributed by atoms with Crippen molar-refractivity contribution in [1.82, 2.24) is 9.97 Å². The second-order valence-electron chi connectivity index (χ2n) is 4.36. The summed E-state index contributed by atoms with van der Waals surface area (Å²) in [6, 6.07) is 5.40. The number of hydrogen-bond donors (Lipinski definition) is 2. The van der Waals surface area contributed by atoms with E-state index in [9.17, 15) is 8.42 Å². The standard InChI is InChI=1S/C12H17N3O2S/c1-2-6-18(16,17)7-5-12-14-10-4-3-9(13)8-11(10)15-12/h3-4,8H,2,5-7,13H2,1H3,(H,14,15). The molecule has 0 fully saturated rings. The lowest BCUT2D eigenvalue weighted by molar-refractivity contribution is 0.593. The summed E-state index contributed by atoms with van der Waals surface area (Å²) in [6.07, 6.45) is 1.07. The lowest BCUT2D eigenvalue weighted by atomic mass is 10.3. The first-order valence-electron chi connectivity index (χ1n) is 5.95. The number of fused-ring (bicyclic) bond motifs is 1. The molecule has 0 atom stereocenters. The van der Waals surface area contributed by atoms with Gasteiger partial charge in [-0.2, -0.15) is 0 Å². The van der Waals surface area contributed by atoms with E-state index in [1.165, 1.54) is 0 Å². The molecule has 98 valence electrons. The minimum atomic E-state index is -2.96. The molecule has 0 saturated heterocycles. The van der Waals surface area contributed by atoms with Crippen LogP contribution in [0.2, 0.25) is 0 Å². The summed E-state index contributed by atoms with van der Waals surface area (Å²) in [5.41, 5.74) is 7.99. The minimum absolute atomic E-state index is 0.135. The number of nitrogens with zero attached hydrogens (tertiary/aromatic N) is 1. The summed E-state index contributed by atoms with van der Waals surface area (Å²) in [5.74, 6) is 1.06. The molecule has 0 bridgehead atoms. The number of aromatic nitrogens is 2. The third-order valence-electron chi connectivity index (χ3n) is 2.72. The number of rotatable bonds is 5. The highest BCUT2D eigenvalue weighted by Gasteiger charge is 2.11. The van der Waals surface area contributed by atoms with Crippen LogP contribution in [0, 0.1) is 0 Å². The van der Waals surface area contributed by atoms with Gasteiger partial charge in [0.15, 0.2) is 9.84 Å². The van der Waals surface area contributed by atoms with Gasteiger partial charge in [0.05, 0.1) is 16.8 Å². The van der Waals surface area contributed by atoms with Gasteiger partial charge in [0.1, 0.15) is 5.82 Å². The maximum atomic E-state index is 11.6. The van der Waals surface area contributed by atoms with Crippen LogP contribution in [0.3, 0.4) is 0 Å². The van der Waals surface area contributed by atoms with E-state index in [4.69, 9.17) is 5.73 Å². The van der Waals surface area contributed by atoms with Crippen molar-refractivity contribution in [3.63, 3.8) is 0 Å². The van der Waals surface area contributed by atoms with Crippen molar-refractivity contribution in [3.05, 3.63) is 24.0 Å². The van der Waals surface area contributed by atoms with Crippen molar-refractivity contribution in [2.45, 2.75) is 19.8 Å². The van der Waals surface area contributed by atoms with Crippen LogP contribution in [-0.2, 0) is 16.3 Å². The lowest BCUT2D eigenvalue weighted by Gasteiger charge is -1.99. The lowest BCUT2D eigenvalue weighted by Crippen LogP contribution is -2.12. The summed E-state index contributed by atoms with van der Waals surface area (Å²) in [6.45, 7) is 1.86. The average molecular weight is 267 g/mol. The molecule has 2 rings (SSSR count). The zero-order chi connectivity index (χ0) is 13.2. The SMILES string of the molecule is CCCS(=O)(=O)CCc1nc2ccc(N)cc2[nH]1. The van der Waals surface area contributed by atoms with Gasteiger partial charge in [-0.1, -0.05) is 6.92 Å². The van der Waals surface area contributed by atoms with Crippen LogP contribution in [-0.4, -0.2) is 29.9 Å². The molecular weight excluding hydrogens is 250 g/mol. The van der Waals surface area contributed by atoms with Gasteiger partial charge in [-0.05, 0) is 24.6 Å². The van der Waals surface area contributed by atoms with E-state index in [1.54, 1.807) is 12.1 Å². The Morgan fingerprint density at radius 1 is 1.33 bits per heavy atom. The number of nitrogen functional groups attached to an aromatic ring is 1. The zero-order valence-electron chi connectivity index (χ0n) is 10.3. The Kier molecular flexibility index (Phi) is 3.56. The predicted octanol–water partition coefficient (Wildman–Crippen LogP) is 1.51. The van der Waals surface area contributed by atoms with Crippen LogP contribution in [0.25, 0.3) is 11.0 Å². The monoisotopic (exact) mass is 267 g/mol. The molecule has 0 spiro atoms. The molecule has 1 aromatic carbocycles. The van der Waals surface area contributed by atoms with Crippen LogP contribution in [0.5, 0.6) is 0 Å². The van der Waals surface area contributed by atoms with Gasteiger partial charge in [-0.3, -0.25) is 0 Å². The van der Waals surface area contributed by atoms with Gasteiger partial charge in [0.25, 0.3) is 0 Å². The molecule has 0 unspecified atom stereocenters. The highest BCUT2D eigenvalue weighted by Crippen LogP contribution is 2.15. The van der Waals surface area contributed by atoms with E-state index in [1.807, 2.05) is 13.0 Å². The van der Waals surface area contributed by atoms with E-state index >= 15 is 0 Å². The number of aryl methyl sites for hydroxylation is 1. The number of nitrogens with one attached hydrogen (secondary N) is 1. The highest BCUT2D eigenvalue weighted by molar-refractivity contribution is 7.91. The Labute approximate surface area is 106 Å². The first-order valence-corrected chi connectivity index (χ1v) is 7.77. The molecule has 6 heteroatoms. The Morgan fingerprint density at radius 2 is 2.11 bits per heavy atom. The van der Waals surface area contributed by atoms with Crippen molar-refractivity contribution < 1.29 is 8.42 Å². The van der Waals surface area contributed by atoms with E-state index in [-0.39, 0.29) is 11.5 Å². The fourth-order valence-corrected chi connectivity index (χ4v) is 3.19. The van der Waals surface area contributed by atoms with Crippen LogP contribution >= 0.6 is 0 Å². The molecule has 5 nitrogen and oxygen atoms in total. The predicted molar refractivity (Wildman–Crippen MR) is 73.2 cm³/mol. The van der Waals surface area contributed by atoms with E-state index in [2.05, 4.69) is 9.97 Å². The Bertz CT molecular complexity index is 646. The van der Waals surface area contributed by atoms with E-state index < -0.39 is 9.84 Å². The van der Waals surface area contributed by atoms with E-state index in [0.29, 0.717) is 24.4 Å². The summed E-state index contributed by atoms with van der Waals surface area (Å²) in [5, 5.41) is 0. The normalized spacial score (nSPS) is 12.1. The quantitative estimate of drug-likeness (QED) is 0.804. The molecular formula is C12H17N3O2S. The Morgan fingerprint density at radius 3 is 2.83 bits per heavy atom.